The molecule has 0 spiro atoms. The number of pyridine rings is 1. The Hall–Kier alpha value is -2.01. The van der Waals surface area contributed by atoms with E-state index in [0.717, 1.165) is 48.8 Å². The quantitative estimate of drug-likeness (QED) is 0.902. The third-order valence-corrected chi connectivity index (χ3v) is 3.85. The molecular formula is C16H20N4O. The zero-order valence-electron chi connectivity index (χ0n) is 12.2. The SMILES string of the molecule is Cc1nc(NCC2CCC(O)C2)cc(-c2ccccn2)n1. The number of hydrogen-bond donors (Lipinski definition) is 2. The molecule has 1 saturated carbocycles. The van der Waals surface area contributed by atoms with Crippen molar-refractivity contribution in [2.24, 2.45) is 5.92 Å². The molecule has 0 amide bonds. The van der Waals surface area contributed by atoms with Crippen LogP contribution in [-0.2, 0) is 0 Å². The Labute approximate surface area is 124 Å². The van der Waals surface area contributed by atoms with Crippen LogP contribution >= 0.6 is 0 Å². The Balaban J connectivity index is 1.72. The molecule has 0 aromatic carbocycles. The summed E-state index contributed by atoms with van der Waals surface area (Å²) in [7, 11) is 0. The molecule has 2 aromatic rings. The van der Waals surface area contributed by atoms with Crippen molar-refractivity contribution in [3.63, 3.8) is 0 Å². The number of rotatable bonds is 4. The monoisotopic (exact) mass is 284 g/mol. The number of nitrogens with one attached hydrogen (secondary N) is 1. The molecule has 1 aliphatic rings. The van der Waals surface area contributed by atoms with Gasteiger partial charge in [0, 0.05) is 18.8 Å². The number of hydrogen-bond acceptors (Lipinski definition) is 5. The molecule has 2 N–H and O–H groups in total. The molecule has 2 unspecified atom stereocenters. The van der Waals surface area contributed by atoms with Gasteiger partial charge in [0.15, 0.2) is 0 Å². The summed E-state index contributed by atoms with van der Waals surface area (Å²) >= 11 is 0. The van der Waals surface area contributed by atoms with Crippen LogP contribution in [0.3, 0.4) is 0 Å². The van der Waals surface area contributed by atoms with Crippen molar-refractivity contribution in [1.82, 2.24) is 15.0 Å². The maximum absolute atomic E-state index is 9.57. The number of aliphatic hydroxyl groups excluding tert-OH is 1. The molecule has 21 heavy (non-hydrogen) atoms. The van der Waals surface area contributed by atoms with Crippen LogP contribution in [-0.4, -0.2) is 32.7 Å². The lowest BCUT2D eigenvalue weighted by Gasteiger charge is -2.12. The first kappa shape index (κ1) is 13.9. The minimum absolute atomic E-state index is 0.131. The van der Waals surface area contributed by atoms with Crippen LogP contribution in [0, 0.1) is 12.8 Å². The second-order valence-electron chi connectivity index (χ2n) is 5.61. The lowest BCUT2D eigenvalue weighted by atomic mass is 10.1. The van der Waals surface area contributed by atoms with Crippen LogP contribution in [0.4, 0.5) is 5.82 Å². The summed E-state index contributed by atoms with van der Waals surface area (Å²) in [6, 6.07) is 7.72. The van der Waals surface area contributed by atoms with Gasteiger partial charge in [0.2, 0.25) is 0 Å². The number of anilines is 1. The van der Waals surface area contributed by atoms with Crippen molar-refractivity contribution in [2.75, 3.05) is 11.9 Å². The van der Waals surface area contributed by atoms with Gasteiger partial charge in [-0.05, 0) is 44.2 Å². The fraction of sp³-hybridized carbons (Fsp3) is 0.438. The molecule has 5 nitrogen and oxygen atoms in total. The summed E-state index contributed by atoms with van der Waals surface area (Å²) in [5.41, 5.74) is 1.68. The Kier molecular flexibility index (Phi) is 4.10. The highest BCUT2D eigenvalue weighted by Gasteiger charge is 2.22. The summed E-state index contributed by atoms with van der Waals surface area (Å²) in [6.45, 7) is 2.73. The molecule has 0 radical (unpaired) electrons. The van der Waals surface area contributed by atoms with E-state index in [1.807, 2.05) is 31.2 Å². The fourth-order valence-electron chi connectivity index (χ4n) is 2.79. The first-order valence-corrected chi connectivity index (χ1v) is 7.40. The number of aryl methyl sites for hydroxylation is 1. The molecular weight excluding hydrogens is 264 g/mol. The highest BCUT2D eigenvalue weighted by atomic mass is 16.3. The fourth-order valence-corrected chi connectivity index (χ4v) is 2.79. The minimum atomic E-state index is -0.131. The normalized spacial score (nSPS) is 21.4. The molecule has 3 rings (SSSR count). The summed E-state index contributed by atoms with van der Waals surface area (Å²) in [5, 5.41) is 12.9. The van der Waals surface area contributed by atoms with Gasteiger partial charge in [-0.3, -0.25) is 4.98 Å². The van der Waals surface area contributed by atoms with E-state index in [1.54, 1.807) is 6.20 Å². The lowest BCUT2D eigenvalue weighted by Crippen LogP contribution is -2.14. The van der Waals surface area contributed by atoms with Crippen molar-refractivity contribution in [2.45, 2.75) is 32.3 Å². The predicted octanol–water partition coefficient (Wildman–Crippen LogP) is 2.42. The average molecular weight is 284 g/mol. The highest BCUT2D eigenvalue weighted by molar-refractivity contribution is 5.58. The molecule has 2 aromatic heterocycles. The Morgan fingerprint density at radius 1 is 1.24 bits per heavy atom. The summed E-state index contributed by atoms with van der Waals surface area (Å²) in [4.78, 5) is 13.2. The molecule has 0 saturated heterocycles. The highest BCUT2D eigenvalue weighted by Crippen LogP contribution is 2.26. The molecule has 1 fully saturated rings. The van der Waals surface area contributed by atoms with Gasteiger partial charge in [0.1, 0.15) is 11.6 Å². The van der Waals surface area contributed by atoms with E-state index < -0.39 is 0 Å². The lowest BCUT2D eigenvalue weighted by molar-refractivity contribution is 0.178. The average Bonchev–Trinajstić information content (AvgIpc) is 2.91. The van der Waals surface area contributed by atoms with E-state index in [1.165, 1.54) is 0 Å². The molecule has 0 bridgehead atoms. The smallest absolute Gasteiger partial charge is 0.130 e. The van der Waals surface area contributed by atoms with Crippen LogP contribution in [0.2, 0.25) is 0 Å². The van der Waals surface area contributed by atoms with Gasteiger partial charge in [0.25, 0.3) is 0 Å². The van der Waals surface area contributed by atoms with Gasteiger partial charge in [-0.25, -0.2) is 9.97 Å². The van der Waals surface area contributed by atoms with E-state index in [2.05, 4.69) is 20.3 Å². The molecule has 2 heterocycles. The van der Waals surface area contributed by atoms with Crippen LogP contribution in [0.25, 0.3) is 11.4 Å². The zero-order valence-corrected chi connectivity index (χ0v) is 12.2. The van der Waals surface area contributed by atoms with Crippen LogP contribution in [0.1, 0.15) is 25.1 Å². The van der Waals surface area contributed by atoms with Gasteiger partial charge in [0.05, 0.1) is 17.5 Å². The maximum Gasteiger partial charge on any atom is 0.130 e. The number of nitrogens with zero attached hydrogens (tertiary/aromatic N) is 3. The second-order valence-corrected chi connectivity index (χ2v) is 5.61. The molecule has 1 aliphatic carbocycles. The van der Waals surface area contributed by atoms with Crippen LogP contribution in [0.15, 0.2) is 30.5 Å². The second kappa shape index (κ2) is 6.18. The zero-order chi connectivity index (χ0) is 14.7. The number of aliphatic hydroxyl groups is 1. The summed E-state index contributed by atoms with van der Waals surface area (Å²) in [5.74, 6) is 2.07. The molecule has 2 atom stereocenters. The molecule has 5 heteroatoms. The first-order valence-electron chi connectivity index (χ1n) is 7.40. The van der Waals surface area contributed by atoms with Gasteiger partial charge in [-0.15, -0.1) is 0 Å². The van der Waals surface area contributed by atoms with Gasteiger partial charge >= 0.3 is 0 Å². The van der Waals surface area contributed by atoms with Gasteiger partial charge in [-0.1, -0.05) is 6.07 Å². The van der Waals surface area contributed by atoms with Crippen molar-refractivity contribution in [3.05, 3.63) is 36.3 Å². The number of aromatic nitrogens is 3. The van der Waals surface area contributed by atoms with Crippen molar-refractivity contribution in [1.29, 1.82) is 0 Å². The van der Waals surface area contributed by atoms with Crippen LogP contribution in [0.5, 0.6) is 0 Å². The maximum atomic E-state index is 9.57. The first-order chi connectivity index (χ1) is 10.2. The minimum Gasteiger partial charge on any atom is -0.393 e. The third-order valence-electron chi connectivity index (χ3n) is 3.85. The van der Waals surface area contributed by atoms with E-state index in [4.69, 9.17) is 0 Å². The van der Waals surface area contributed by atoms with Crippen LogP contribution < -0.4 is 5.32 Å². The molecule has 110 valence electrons. The largest absolute Gasteiger partial charge is 0.393 e. The van der Waals surface area contributed by atoms with E-state index in [9.17, 15) is 5.11 Å². The van der Waals surface area contributed by atoms with Gasteiger partial charge < -0.3 is 10.4 Å². The summed E-state index contributed by atoms with van der Waals surface area (Å²) < 4.78 is 0. The van der Waals surface area contributed by atoms with E-state index >= 15 is 0 Å². The van der Waals surface area contributed by atoms with Crippen molar-refractivity contribution < 1.29 is 5.11 Å². The predicted molar refractivity (Wildman–Crippen MR) is 81.8 cm³/mol. The summed E-state index contributed by atoms with van der Waals surface area (Å²) in [6.07, 6.45) is 4.50. The van der Waals surface area contributed by atoms with Crippen molar-refractivity contribution in [3.8, 4) is 11.4 Å². The van der Waals surface area contributed by atoms with Gasteiger partial charge in [-0.2, -0.15) is 0 Å². The van der Waals surface area contributed by atoms with E-state index in [0.29, 0.717) is 5.92 Å². The Morgan fingerprint density at radius 2 is 2.14 bits per heavy atom. The van der Waals surface area contributed by atoms with Crippen molar-refractivity contribution >= 4 is 5.82 Å². The molecule has 0 aliphatic heterocycles. The van der Waals surface area contributed by atoms with E-state index in [-0.39, 0.29) is 6.10 Å². The topological polar surface area (TPSA) is 70.9 Å². The third kappa shape index (κ3) is 3.55. The Bertz CT molecular complexity index is 602. The standard InChI is InChI=1S/C16H20N4O/c1-11-19-15(14-4-2-3-7-17-14)9-16(20-11)18-10-12-5-6-13(21)8-12/h2-4,7,9,12-13,21H,5-6,8,10H2,1H3,(H,18,19,20). The Morgan fingerprint density at radius 3 is 2.86 bits per heavy atom.